The van der Waals surface area contributed by atoms with Crippen molar-refractivity contribution in [1.82, 2.24) is 4.57 Å². The highest BCUT2D eigenvalue weighted by molar-refractivity contribution is 5.92. The Hall–Kier alpha value is -4.65. The molecule has 0 amide bonds. The van der Waals surface area contributed by atoms with Crippen LogP contribution in [0.5, 0.6) is 5.75 Å². The molecule has 5 rings (SSSR count). The molecule has 41 heavy (non-hydrogen) atoms. The molecule has 1 aliphatic heterocycles. The number of hydrogen-bond donors (Lipinski definition) is 0. The summed E-state index contributed by atoms with van der Waals surface area (Å²) in [5.74, 6) is -0.0595. The number of esters is 1. The standard InChI is InChI=1S/C34H32FNO5/c1-33(2,3)41-32(38)36-28(22-7-9-23(10-8-22)31(37)39-6)16-17-29(36)24-13-18-30-26(19-24)27(20-34(4,5)40-30)21-11-14-25(35)15-12-21/h7-20H,1-6H3. The minimum Gasteiger partial charge on any atom is -0.483 e. The van der Waals surface area contributed by atoms with Crippen molar-refractivity contribution in [3.63, 3.8) is 0 Å². The van der Waals surface area contributed by atoms with Crippen LogP contribution in [0.15, 0.2) is 84.9 Å². The molecule has 0 saturated carbocycles. The Bertz CT molecular complexity index is 1650. The highest BCUT2D eigenvalue weighted by Gasteiger charge is 2.29. The van der Waals surface area contributed by atoms with Gasteiger partial charge in [0.2, 0.25) is 0 Å². The number of carbonyl (C=O) groups is 2. The first-order chi connectivity index (χ1) is 19.3. The summed E-state index contributed by atoms with van der Waals surface area (Å²) in [4.78, 5) is 25.6. The number of rotatable bonds is 4. The van der Waals surface area contributed by atoms with E-state index in [-0.39, 0.29) is 5.82 Å². The second-order valence-electron chi connectivity index (χ2n) is 11.5. The lowest BCUT2D eigenvalue weighted by Gasteiger charge is -2.31. The zero-order chi connectivity index (χ0) is 29.5. The van der Waals surface area contributed by atoms with Crippen molar-refractivity contribution in [3.05, 3.63) is 107 Å². The number of carbonyl (C=O) groups excluding carboxylic acids is 2. The lowest BCUT2D eigenvalue weighted by atomic mass is 9.89. The van der Waals surface area contributed by atoms with Gasteiger partial charge in [0.15, 0.2) is 0 Å². The normalized spacial score (nSPS) is 14.0. The van der Waals surface area contributed by atoms with Crippen molar-refractivity contribution >= 4 is 17.6 Å². The molecule has 0 N–H and O–H groups in total. The van der Waals surface area contributed by atoms with Gasteiger partial charge in [-0.15, -0.1) is 0 Å². The first-order valence-corrected chi connectivity index (χ1v) is 13.3. The SMILES string of the molecule is COC(=O)c1ccc(-c2ccc(-c3ccc4c(c3)C(c3ccc(F)cc3)=CC(C)(C)O4)n2C(=O)OC(C)(C)C)cc1. The summed E-state index contributed by atoms with van der Waals surface area (Å²) in [6.45, 7) is 9.39. The van der Waals surface area contributed by atoms with Gasteiger partial charge in [0.1, 0.15) is 22.8 Å². The van der Waals surface area contributed by atoms with E-state index in [1.165, 1.54) is 23.8 Å². The van der Waals surface area contributed by atoms with E-state index in [0.29, 0.717) is 22.7 Å². The molecule has 3 aromatic carbocycles. The van der Waals surface area contributed by atoms with E-state index in [4.69, 9.17) is 14.2 Å². The Morgan fingerprint density at radius 3 is 2.02 bits per heavy atom. The zero-order valence-electron chi connectivity index (χ0n) is 23.9. The molecule has 0 spiro atoms. The second kappa shape index (κ2) is 10.4. The molecule has 210 valence electrons. The summed E-state index contributed by atoms with van der Waals surface area (Å²) in [5, 5.41) is 0. The van der Waals surface area contributed by atoms with Gasteiger partial charge in [-0.3, -0.25) is 0 Å². The third-order valence-corrected chi connectivity index (χ3v) is 6.64. The van der Waals surface area contributed by atoms with Gasteiger partial charge < -0.3 is 14.2 Å². The Labute approximate surface area is 239 Å². The molecule has 1 aromatic heterocycles. The fourth-order valence-corrected chi connectivity index (χ4v) is 4.88. The molecular formula is C34H32FNO5. The molecule has 7 heteroatoms. The van der Waals surface area contributed by atoms with Gasteiger partial charge in [-0.05, 0) is 118 Å². The number of fused-ring (bicyclic) bond motifs is 1. The largest absolute Gasteiger partial charge is 0.483 e. The topological polar surface area (TPSA) is 66.8 Å². The number of nitrogens with zero attached hydrogens (tertiary/aromatic N) is 1. The van der Waals surface area contributed by atoms with E-state index < -0.39 is 23.3 Å². The van der Waals surface area contributed by atoms with Gasteiger partial charge >= 0.3 is 12.1 Å². The van der Waals surface area contributed by atoms with Crippen LogP contribution in [0.4, 0.5) is 9.18 Å². The van der Waals surface area contributed by atoms with E-state index in [1.807, 2.05) is 71.0 Å². The predicted octanol–water partition coefficient (Wildman–Crippen LogP) is 8.13. The lowest BCUT2D eigenvalue weighted by Crippen LogP contribution is -2.29. The van der Waals surface area contributed by atoms with Crippen LogP contribution in [-0.2, 0) is 9.47 Å². The number of ether oxygens (including phenoxy) is 3. The maximum atomic E-state index is 13.7. The molecule has 0 unspecified atom stereocenters. The minimum absolute atomic E-state index is 0.308. The fourth-order valence-electron chi connectivity index (χ4n) is 4.88. The quantitative estimate of drug-likeness (QED) is 0.239. The van der Waals surface area contributed by atoms with E-state index in [0.717, 1.165) is 27.8 Å². The fraction of sp³-hybridized carbons (Fsp3) is 0.235. The predicted molar refractivity (Wildman–Crippen MR) is 156 cm³/mol. The molecule has 0 saturated heterocycles. The van der Waals surface area contributed by atoms with Crippen molar-refractivity contribution < 1.29 is 28.2 Å². The Morgan fingerprint density at radius 2 is 1.41 bits per heavy atom. The van der Waals surface area contributed by atoms with Crippen molar-refractivity contribution in [3.8, 4) is 28.3 Å². The summed E-state index contributed by atoms with van der Waals surface area (Å²) >= 11 is 0. The third-order valence-electron chi connectivity index (χ3n) is 6.64. The molecule has 0 radical (unpaired) electrons. The molecule has 4 aromatic rings. The molecule has 0 fully saturated rings. The summed E-state index contributed by atoms with van der Waals surface area (Å²) < 4.78 is 32.1. The van der Waals surface area contributed by atoms with Gasteiger partial charge in [0.25, 0.3) is 0 Å². The molecular weight excluding hydrogens is 521 g/mol. The van der Waals surface area contributed by atoms with Crippen LogP contribution in [0.2, 0.25) is 0 Å². The van der Waals surface area contributed by atoms with Gasteiger partial charge in [-0.25, -0.2) is 18.5 Å². The van der Waals surface area contributed by atoms with E-state index in [1.54, 1.807) is 36.4 Å². The number of hydrogen-bond acceptors (Lipinski definition) is 5. The van der Waals surface area contributed by atoms with Crippen LogP contribution < -0.4 is 4.74 Å². The first-order valence-electron chi connectivity index (χ1n) is 13.3. The maximum Gasteiger partial charge on any atom is 0.419 e. The lowest BCUT2D eigenvalue weighted by molar-refractivity contribution is 0.0541. The van der Waals surface area contributed by atoms with Gasteiger partial charge in [-0.2, -0.15) is 0 Å². The maximum absolute atomic E-state index is 13.7. The van der Waals surface area contributed by atoms with E-state index >= 15 is 0 Å². The van der Waals surface area contributed by atoms with E-state index in [2.05, 4.69) is 0 Å². The number of aromatic nitrogens is 1. The molecule has 2 heterocycles. The summed E-state index contributed by atoms with van der Waals surface area (Å²) in [5.41, 5.74) is 4.43. The van der Waals surface area contributed by atoms with Crippen LogP contribution in [0.1, 0.15) is 56.1 Å². The third kappa shape index (κ3) is 5.80. The molecule has 0 atom stereocenters. The summed E-state index contributed by atoms with van der Waals surface area (Å²) in [7, 11) is 1.33. The van der Waals surface area contributed by atoms with Crippen LogP contribution in [0.3, 0.4) is 0 Å². The number of halogens is 1. The zero-order valence-corrected chi connectivity index (χ0v) is 23.9. The monoisotopic (exact) mass is 553 g/mol. The van der Waals surface area contributed by atoms with Gasteiger partial charge in [0.05, 0.1) is 24.1 Å². The van der Waals surface area contributed by atoms with Crippen molar-refractivity contribution in [2.24, 2.45) is 0 Å². The van der Waals surface area contributed by atoms with Gasteiger partial charge in [0, 0.05) is 5.56 Å². The van der Waals surface area contributed by atoms with Crippen LogP contribution in [0, 0.1) is 5.82 Å². The van der Waals surface area contributed by atoms with Crippen molar-refractivity contribution in [2.75, 3.05) is 7.11 Å². The van der Waals surface area contributed by atoms with Crippen molar-refractivity contribution in [2.45, 2.75) is 45.8 Å². The second-order valence-corrected chi connectivity index (χ2v) is 11.5. The molecule has 6 nitrogen and oxygen atoms in total. The summed E-state index contributed by atoms with van der Waals surface area (Å²) in [6, 6.07) is 22.7. The summed E-state index contributed by atoms with van der Waals surface area (Å²) in [6.07, 6.45) is 1.49. The molecule has 0 aliphatic carbocycles. The smallest absolute Gasteiger partial charge is 0.419 e. The van der Waals surface area contributed by atoms with E-state index in [9.17, 15) is 14.0 Å². The molecule has 1 aliphatic rings. The Kier molecular flexibility index (Phi) is 7.07. The first kappa shape index (κ1) is 27.9. The number of methoxy groups -OCH3 is 1. The Balaban J connectivity index is 1.65. The molecule has 0 bridgehead atoms. The van der Waals surface area contributed by atoms with Gasteiger partial charge in [-0.1, -0.05) is 24.3 Å². The van der Waals surface area contributed by atoms with Crippen molar-refractivity contribution in [1.29, 1.82) is 0 Å². The van der Waals surface area contributed by atoms with Crippen LogP contribution >= 0.6 is 0 Å². The minimum atomic E-state index is -0.724. The average molecular weight is 554 g/mol. The van der Waals surface area contributed by atoms with Crippen LogP contribution in [-0.4, -0.2) is 34.9 Å². The Morgan fingerprint density at radius 1 is 0.829 bits per heavy atom. The van der Waals surface area contributed by atoms with Crippen LogP contribution in [0.25, 0.3) is 28.1 Å². The highest BCUT2D eigenvalue weighted by Crippen LogP contribution is 2.42. The highest BCUT2D eigenvalue weighted by atomic mass is 19.1. The average Bonchev–Trinajstić information content (AvgIpc) is 3.37. The number of benzene rings is 3.